The van der Waals surface area contributed by atoms with E-state index < -0.39 is 0 Å². The van der Waals surface area contributed by atoms with Crippen molar-refractivity contribution < 1.29 is 13.9 Å². The van der Waals surface area contributed by atoms with Crippen LogP contribution >= 0.6 is 11.8 Å². The van der Waals surface area contributed by atoms with Gasteiger partial charge in [-0.15, -0.1) is 10.2 Å². The van der Waals surface area contributed by atoms with Crippen molar-refractivity contribution in [2.24, 2.45) is 0 Å². The van der Waals surface area contributed by atoms with Gasteiger partial charge in [-0.2, -0.15) is 0 Å². The molecule has 0 atom stereocenters. The zero-order chi connectivity index (χ0) is 17.8. The summed E-state index contributed by atoms with van der Waals surface area (Å²) in [6, 6.07) is 6.55. The first-order valence-corrected chi connectivity index (χ1v) is 9.24. The highest BCUT2D eigenvalue weighted by atomic mass is 32.2. The molecule has 1 aromatic heterocycles. The average Bonchev–Trinajstić information content (AvgIpc) is 3.05. The average molecular weight is 364 g/mol. The number of hydrogen-bond donors (Lipinski definition) is 0. The third-order valence-corrected chi connectivity index (χ3v) is 4.91. The molecule has 1 fully saturated rings. The molecule has 25 heavy (non-hydrogen) atoms. The first-order valence-electron chi connectivity index (χ1n) is 8.26. The van der Waals surface area contributed by atoms with Gasteiger partial charge in [0.05, 0.1) is 24.5 Å². The highest BCUT2D eigenvalue weighted by Crippen LogP contribution is 2.29. The third-order valence-electron chi connectivity index (χ3n) is 3.98. The van der Waals surface area contributed by atoms with E-state index in [4.69, 9.17) is 4.74 Å². The lowest BCUT2D eigenvalue weighted by atomic mass is 10.2. The number of halogens is 1. The Balaban J connectivity index is 1.78. The molecule has 2 heterocycles. The molecular formula is C17H21FN4O2S. The van der Waals surface area contributed by atoms with E-state index >= 15 is 0 Å². The minimum atomic E-state index is -0.335. The van der Waals surface area contributed by atoms with Crippen molar-refractivity contribution in [2.75, 3.05) is 32.1 Å². The van der Waals surface area contributed by atoms with Gasteiger partial charge < -0.3 is 9.64 Å². The number of hydrogen-bond acceptors (Lipinski definition) is 5. The summed E-state index contributed by atoms with van der Waals surface area (Å²) in [6.45, 7) is 6.38. The molecule has 0 N–H and O–H groups in total. The van der Waals surface area contributed by atoms with Gasteiger partial charge in [0.2, 0.25) is 5.91 Å². The lowest BCUT2D eigenvalue weighted by molar-refractivity contribution is -0.132. The smallest absolute Gasteiger partial charge is 0.233 e. The zero-order valence-corrected chi connectivity index (χ0v) is 15.1. The highest BCUT2D eigenvalue weighted by Gasteiger charge is 2.22. The summed E-state index contributed by atoms with van der Waals surface area (Å²) in [7, 11) is 0. The lowest BCUT2D eigenvalue weighted by Gasteiger charge is -2.26. The molecule has 0 saturated carbocycles. The van der Waals surface area contributed by atoms with E-state index in [1.54, 1.807) is 23.1 Å². The molecule has 134 valence electrons. The van der Waals surface area contributed by atoms with Crippen LogP contribution in [0.2, 0.25) is 0 Å². The van der Waals surface area contributed by atoms with Crippen LogP contribution in [0.25, 0.3) is 11.4 Å². The number of carbonyl (C=O) groups excluding carboxylic acids is 1. The molecule has 6 nitrogen and oxygen atoms in total. The van der Waals surface area contributed by atoms with Crippen LogP contribution < -0.4 is 0 Å². The fraction of sp³-hybridized carbons (Fsp3) is 0.471. The number of ether oxygens (including phenoxy) is 1. The van der Waals surface area contributed by atoms with Crippen molar-refractivity contribution in [2.45, 2.75) is 25.0 Å². The van der Waals surface area contributed by atoms with Crippen molar-refractivity contribution in [3.8, 4) is 11.4 Å². The van der Waals surface area contributed by atoms with Crippen molar-refractivity contribution in [1.29, 1.82) is 0 Å². The van der Waals surface area contributed by atoms with Gasteiger partial charge in [0.25, 0.3) is 0 Å². The van der Waals surface area contributed by atoms with Crippen LogP contribution in [-0.4, -0.2) is 57.6 Å². The summed E-state index contributed by atoms with van der Waals surface area (Å²) in [6.07, 6.45) is 0. The largest absolute Gasteiger partial charge is 0.378 e. The Morgan fingerprint density at radius 2 is 2.00 bits per heavy atom. The molecule has 2 aromatic rings. The van der Waals surface area contributed by atoms with E-state index in [1.807, 2.05) is 18.4 Å². The molecular weight excluding hydrogens is 343 g/mol. The molecule has 1 aliphatic heterocycles. The van der Waals surface area contributed by atoms with Crippen molar-refractivity contribution in [3.63, 3.8) is 0 Å². The Hall–Kier alpha value is -1.93. The number of amides is 1. The second-order valence-corrected chi connectivity index (χ2v) is 6.97. The Morgan fingerprint density at radius 1 is 1.28 bits per heavy atom. The predicted octanol–water partition coefficient (Wildman–Crippen LogP) is 2.62. The predicted molar refractivity (Wildman–Crippen MR) is 93.9 cm³/mol. The molecule has 0 bridgehead atoms. The van der Waals surface area contributed by atoms with Crippen molar-refractivity contribution >= 4 is 17.7 Å². The summed E-state index contributed by atoms with van der Waals surface area (Å²) in [5, 5.41) is 8.97. The summed E-state index contributed by atoms with van der Waals surface area (Å²) in [5.41, 5.74) is 0.412. The fourth-order valence-electron chi connectivity index (χ4n) is 2.70. The van der Waals surface area contributed by atoms with Gasteiger partial charge in [0.15, 0.2) is 11.0 Å². The molecule has 1 saturated heterocycles. The Kier molecular flexibility index (Phi) is 5.70. The number of thioether (sulfide) groups is 1. The van der Waals surface area contributed by atoms with E-state index in [0.717, 1.165) is 0 Å². The molecule has 3 rings (SSSR count). The van der Waals surface area contributed by atoms with Crippen LogP contribution in [0.1, 0.15) is 19.9 Å². The molecule has 1 amide bonds. The quantitative estimate of drug-likeness (QED) is 0.764. The normalized spacial score (nSPS) is 15.0. The van der Waals surface area contributed by atoms with Crippen LogP contribution in [-0.2, 0) is 9.53 Å². The van der Waals surface area contributed by atoms with Crippen LogP contribution in [0.3, 0.4) is 0 Å². The lowest BCUT2D eigenvalue weighted by Crippen LogP contribution is -2.41. The number of aromatic nitrogens is 3. The molecule has 1 aromatic carbocycles. The van der Waals surface area contributed by atoms with Gasteiger partial charge in [-0.1, -0.05) is 23.9 Å². The van der Waals surface area contributed by atoms with Crippen LogP contribution in [0.5, 0.6) is 0 Å². The molecule has 0 unspecified atom stereocenters. The van der Waals surface area contributed by atoms with Crippen LogP contribution in [0, 0.1) is 5.82 Å². The molecule has 8 heteroatoms. The highest BCUT2D eigenvalue weighted by molar-refractivity contribution is 7.99. The maximum atomic E-state index is 14.1. The van der Waals surface area contributed by atoms with E-state index in [9.17, 15) is 9.18 Å². The zero-order valence-electron chi connectivity index (χ0n) is 14.3. The van der Waals surface area contributed by atoms with Gasteiger partial charge in [-0.3, -0.25) is 9.36 Å². The minimum Gasteiger partial charge on any atom is -0.378 e. The number of morpholine rings is 1. The molecule has 1 aliphatic rings. The van der Waals surface area contributed by atoms with Gasteiger partial charge in [-0.05, 0) is 26.0 Å². The fourth-order valence-corrected chi connectivity index (χ4v) is 3.67. The number of nitrogens with zero attached hydrogens (tertiary/aromatic N) is 4. The Morgan fingerprint density at radius 3 is 2.68 bits per heavy atom. The first kappa shape index (κ1) is 17.9. The third kappa shape index (κ3) is 4.01. The number of carbonyl (C=O) groups is 1. The van der Waals surface area contributed by atoms with E-state index in [1.165, 1.54) is 17.8 Å². The number of rotatable bonds is 5. The summed E-state index contributed by atoms with van der Waals surface area (Å²) in [4.78, 5) is 14.1. The van der Waals surface area contributed by atoms with Gasteiger partial charge in [0, 0.05) is 19.1 Å². The summed E-state index contributed by atoms with van der Waals surface area (Å²) >= 11 is 1.33. The second kappa shape index (κ2) is 7.97. The molecule has 0 spiro atoms. The standard InChI is InChI=1S/C17H21FN4O2S/c1-12(2)22-16(13-5-3-4-6-14(13)18)19-20-17(22)25-11-15(23)21-7-9-24-10-8-21/h3-6,12H,7-11H2,1-2H3. The second-order valence-electron chi connectivity index (χ2n) is 6.03. The van der Waals surface area contributed by atoms with Crippen LogP contribution in [0.4, 0.5) is 4.39 Å². The van der Waals surface area contributed by atoms with Gasteiger partial charge in [0.1, 0.15) is 5.82 Å². The maximum Gasteiger partial charge on any atom is 0.233 e. The summed E-state index contributed by atoms with van der Waals surface area (Å²) < 4.78 is 21.3. The Labute approximate surface area is 150 Å². The van der Waals surface area contributed by atoms with Crippen molar-refractivity contribution in [1.82, 2.24) is 19.7 Å². The number of benzene rings is 1. The maximum absolute atomic E-state index is 14.1. The van der Waals surface area contributed by atoms with Crippen molar-refractivity contribution in [3.05, 3.63) is 30.1 Å². The van der Waals surface area contributed by atoms with Crippen LogP contribution in [0.15, 0.2) is 29.4 Å². The van der Waals surface area contributed by atoms with E-state index in [2.05, 4.69) is 10.2 Å². The van der Waals surface area contributed by atoms with E-state index in [-0.39, 0.29) is 23.5 Å². The van der Waals surface area contributed by atoms with E-state index in [0.29, 0.717) is 42.8 Å². The molecule has 0 aliphatic carbocycles. The minimum absolute atomic E-state index is 0.0468. The van der Waals surface area contributed by atoms with Gasteiger partial charge >= 0.3 is 0 Å². The Bertz CT molecular complexity index is 744. The topological polar surface area (TPSA) is 60.2 Å². The molecule has 0 radical (unpaired) electrons. The SMILES string of the molecule is CC(C)n1c(SCC(=O)N2CCOCC2)nnc1-c1ccccc1F. The first-order chi connectivity index (χ1) is 12.1. The monoisotopic (exact) mass is 364 g/mol. The van der Waals surface area contributed by atoms with Gasteiger partial charge in [-0.25, -0.2) is 4.39 Å². The summed E-state index contributed by atoms with van der Waals surface area (Å²) in [5.74, 6) is 0.480.